The van der Waals surface area contributed by atoms with Gasteiger partial charge in [0.2, 0.25) is 0 Å². The first kappa shape index (κ1) is 20.9. The van der Waals surface area contributed by atoms with Gasteiger partial charge in [0.15, 0.2) is 0 Å². The number of nitrogens with zero attached hydrogens (tertiary/aromatic N) is 1. The van der Waals surface area contributed by atoms with E-state index in [4.69, 9.17) is 5.73 Å². The van der Waals surface area contributed by atoms with Crippen molar-refractivity contribution in [1.29, 1.82) is 0 Å². The number of benzene rings is 2. The predicted molar refractivity (Wildman–Crippen MR) is 115 cm³/mol. The summed E-state index contributed by atoms with van der Waals surface area (Å²) < 4.78 is 0. The van der Waals surface area contributed by atoms with Gasteiger partial charge in [-0.2, -0.15) is 0 Å². The van der Waals surface area contributed by atoms with E-state index in [1.165, 1.54) is 11.0 Å². The predicted octanol–water partition coefficient (Wildman–Crippen LogP) is 4.18. The molecule has 2 aromatic rings. The van der Waals surface area contributed by atoms with Gasteiger partial charge in [-0.15, -0.1) is 12.4 Å². The number of amides is 3. The minimum absolute atomic E-state index is 0. The zero-order chi connectivity index (χ0) is 19.8. The topological polar surface area (TPSA) is 92.5 Å². The molecule has 1 saturated carbocycles. The van der Waals surface area contributed by atoms with E-state index >= 15 is 0 Å². The van der Waals surface area contributed by atoms with Crippen LogP contribution in [0.1, 0.15) is 68.7 Å². The SMILES string of the molecule is Cc1ccc(N)cc1NC(=O)c1ccc2c(c1)C(=O)N(C1CCCCC1)C2=O.Cl. The van der Waals surface area contributed by atoms with Crippen molar-refractivity contribution >= 4 is 41.5 Å². The Kier molecular flexibility index (Phi) is 5.94. The van der Waals surface area contributed by atoms with E-state index in [1.54, 1.807) is 24.3 Å². The Bertz CT molecular complexity index is 983. The smallest absolute Gasteiger partial charge is 0.261 e. The number of aryl methyl sites for hydroxylation is 1. The second-order valence-electron chi connectivity index (χ2n) is 7.56. The van der Waals surface area contributed by atoms with E-state index < -0.39 is 0 Å². The zero-order valence-corrected chi connectivity index (χ0v) is 17.1. The van der Waals surface area contributed by atoms with Crippen LogP contribution in [0, 0.1) is 6.92 Å². The Morgan fingerprint density at radius 2 is 1.69 bits per heavy atom. The Hall–Kier alpha value is -2.86. The number of carbonyl (C=O) groups is 3. The minimum Gasteiger partial charge on any atom is -0.399 e. The lowest BCUT2D eigenvalue weighted by Crippen LogP contribution is -2.40. The van der Waals surface area contributed by atoms with E-state index in [2.05, 4.69) is 5.32 Å². The van der Waals surface area contributed by atoms with Crippen molar-refractivity contribution in [2.45, 2.75) is 45.1 Å². The van der Waals surface area contributed by atoms with Gasteiger partial charge >= 0.3 is 0 Å². The van der Waals surface area contributed by atoms with Crippen molar-refractivity contribution in [2.75, 3.05) is 11.1 Å². The maximum Gasteiger partial charge on any atom is 0.261 e. The maximum atomic E-state index is 12.9. The van der Waals surface area contributed by atoms with Crippen LogP contribution < -0.4 is 11.1 Å². The molecule has 0 spiro atoms. The van der Waals surface area contributed by atoms with Crippen molar-refractivity contribution in [3.63, 3.8) is 0 Å². The number of nitrogens with two attached hydrogens (primary N) is 1. The van der Waals surface area contributed by atoms with E-state index in [9.17, 15) is 14.4 Å². The number of fused-ring (bicyclic) bond motifs is 1. The average Bonchev–Trinajstić information content (AvgIpc) is 2.95. The van der Waals surface area contributed by atoms with Crippen molar-refractivity contribution in [2.24, 2.45) is 0 Å². The van der Waals surface area contributed by atoms with Crippen molar-refractivity contribution in [1.82, 2.24) is 4.90 Å². The molecule has 0 radical (unpaired) electrons. The van der Waals surface area contributed by atoms with Crippen molar-refractivity contribution in [3.8, 4) is 0 Å². The van der Waals surface area contributed by atoms with Crippen LogP contribution in [0.5, 0.6) is 0 Å². The molecule has 0 saturated heterocycles. The minimum atomic E-state index is -0.340. The highest BCUT2D eigenvalue weighted by molar-refractivity contribution is 6.22. The first-order chi connectivity index (χ1) is 13.5. The maximum absolute atomic E-state index is 12.9. The highest BCUT2D eigenvalue weighted by Crippen LogP contribution is 2.31. The molecule has 0 unspecified atom stereocenters. The molecule has 2 aliphatic rings. The molecule has 29 heavy (non-hydrogen) atoms. The third-order valence-corrected chi connectivity index (χ3v) is 5.63. The summed E-state index contributed by atoms with van der Waals surface area (Å²) in [5.74, 6) is -0.875. The standard InChI is InChI=1S/C22H23N3O3.ClH/c1-13-7-9-15(23)12-19(13)24-20(26)14-8-10-17-18(11-14)22(28)25(21(17)27)16-5-3-2-4-6-16;/h7-12,16H,2-6,23H2,1H3,(H,24,26);1H. The van der Waals surface area contributed by atoms with E-state index in [1.807, 2.05) is 13.0 Å². The molecule has 1 fully saturated rings. The van der Waals surface area contributed by atoms with Crippen LogP contribution in [0.15, 0.2) is 36.4 Å². The van der Waals surface area contributed by atoms with E-state index in [-0.39, 0.29) is 36.2 Å². The third kappa shape index (κ3) is 3.85. The van der Waals surface area contributed by atoms with Gasteiger partial charge in [0.25, 0.3) is 17.7 Å². The largest absolute Gasteiger partial charge is 0.399 e. The number of anilines is 2. The van der Waals surface area contributed by atoms with Crippen LogP contribution in [0.25, 0.3) is 0 Å². The molecular weight excluding hydrogens is 390 g/mol. The molecule has 1 aliphatic carbocycles. The molecule has 0 atom stereocenters. The number of rotatable bonds is 3. The fourth-order valence-electron chi connectivity index (χ4n) is 4.04. The Morgan fingerprint density at radius 1 is 1.00 bits per heavy atom. The number of nitrogens with one attached hydrogen (secondary N) is 1. The third-order valence-electron chi connectivity index (χ3n) is 5.63. The van der Waals surface area contributed by atoms with Gasteiger partial charge in [-0.25, -0.2) is 0 Å². The molecule has 3 N–H and O–H groups in total. The van der Waals surface area contributed by atoms with Crippen LogP contribution in [0.4, 0.5) is 11.4 Å². The number of imide groups is 1. The zero-order valence-electron chi connectivity index (χ0n) is 16.2. The Morgan fingerprint density at radius 3 is 2.41 bits per heavy atom. The molecule has 7 heteroatoms. The molecule has 1 aliphatic heterocycles. The second kappa shape index (κ2) is 8.25. The van der Waals surface area contributed by atoms with Crippen LogP contribution >= 0.6 is 12.4 Å². The lowest BCUT2D eigenvalue weighted by Gasteiger charge is -2.29. The molecular formula is C22H24ClN3O3. The molecule has 1 heterocycles. The fourth-order valence-corrected chi connectivity index (χ4v) is 4.04. The number of hydrogen-bond donors (Lipinski definition) is 2. The normalized spacial score (nSPS) is 16.4. The fraction of sp³-hybridized carbons (Fsp3) is 0.318. The molecule has 0 aromatic heterocycles. The summed E-state index contributed by atoms with van der Waals surface area (Å²) in [7, 11) is 0. The van der Waals surface area contributed by atoms with E-state index in [0.29, 0.717) is 28.1 Å². The summed E-state index contributed by atoms with van der Waals surface area (Å²) in [6.07, 6.45) is 4.92. The van der Waals surface area contributed by atoms with E-state index in [0.717, 1.165) is 37.7 Å². The first-order valence-electron chi connectivity index (χ1n) is 9.65. The molecule has 3 amide bonds. The number of halogens is 1. The summed E-state index contributed by atoms with van der Waals surface area (Å²) in [5.41, 5.74) is 8.89. The Labute approximate surface area is 175 Å². The van der Waals surface area contributed by atoms with Crippen molar-refractivity contribution < 1.29 is 14.4 Å². The van der Waals surface area contributed by atoms with Crippen LogP contribution in [-0.2, 0) is 0 Å². The highest BCUT2D eigenvalue weighted by Gasteiger charge is 2.40. The van der Waals surface area contributed by atoms with Gasteiger partial charge in [-0.3, -0.25) is 19.3 Å². The summed E-state index contributed by atoms with van der Waals surface area (Å²) in [6, 6.07) is 9.95. The van der Waals surface area contributed by atoms with Gasteiger partial charge in [0.1, 0.15) is 0 Å². The summed E-state index contributed by atoms with van der Waals surface area (Å²) in [5, 5.41) is 2.83. The summed E-state index contributed by atoms with van der Waals surface area (Å²) in [4.78, 5) is 39.7. The molecule has 4 rings (SSSR count). The number of nitrogen functional groups attached to an aromatic ring is 1. The van der Waals surface area contributed by atoms with Crippen LogP contribution in [-0.4, -0.2) is 28.7 Å². The quantitative estimate of drug-likeness (QED) is 0.583. The summed E-state index contributed by atoms with van der Waals surface area (Å²) >= 11 is 0. The number of hydrogen-bond acceptors (Lipinski definition) is 4. The highest BCUT2D eigenvalue weighted by atomic mass is 35.5. The Balaban J connectivity index is 0.00000240. The van der Waals surface area contributed by atoms with Crippen LogP contribution in [0.3, 0.4) is 0 Å². The average molecular weight is 414 g/mol. The van der Waals surface area contributed by atoms with Crippen molar-refractivity contribution in [3.05, 3.63) is 58.7 Å². The van der Waals surface area contributed by atoms with Gasteiger partial charge < -0.3 is 11.1 Å². The van der Waals surface area contributed by atoms with Gasteiger partial charge in [-0.1, -0.05) is 25.3 Å². The lowest BCUT2D eigenvalue weighted by atomic mass is 9.94. The van der Waals surface area contributed by atoms with Gasteiger partial charge in [0, 0.05) is 23.0 Å². The lowest BCUT2D eigenvalue weighted by molar-refractivity contribution is 0.0549. The molecule has 6 nitrogen and oxygen atoms in total. The molecule has 2 aromatic carbocycles. The second-order valence-corrected chi connectivity index (χ2v) is 7.56. The molecule has 152 valence electrons. The van der Waals surface area contributed by atoms with Gasteiger partial charge in [-0.05, 0) is 55.7 Å². The summed E-state index contributed by atoms with van der Waals surface area (Å²) in [6.45, 7) is 1.88. The van der Waals surface area contributed by atoms with Gasteiger partial charge in [0.05, 0.1) is 11.1 Å². The van der Waals surface area contributed by atoms with Crippen LogP contribution in [0.2, 0.25) is 0 Å². The number of carbonyl (C=O) groups excluding carboxylic acids is 3. The first-order valence-corrected chi connectivity index (χ1v) is 9.65. The monoisotopic (exact) mass is 413 g/mol. The molecule has 0 bridgehead atoms.